The molecule has 0 aliphatic heterocycles. The van der Waals surface area contributed by atoms with Gasteiger partial charge < -0.3 is 5.73 Å². The van der Waals surface area contributed by atoms with E-state index in [9.17, 15) is 0 Å². The fourth-order valence-corrected chi connectivity index (χ4v) is 1.72. The molecule has 0 spiro atoms. The van der Waals surface area contributed by atoms with Crippen molar-refractivity contribution < 1.29 is 0 Å². The van der Waals surface area contributed by atoms with E-state index in [0.29, 0.717) is 0 Å². The van der Waals surface area contributed by atoms with Gasteiger partial charge in [-0.05, 0) is 30.2 Å². The van der Waals surface area contributed by atoms with E-state index >= 15 is 0 Å². The van der Waals surface area contributed by atoms with Crippen LogP contribution in [0, 0.1) is 0 Å². The molecule has 1 aromatic heterocycles. The van der Waals surface area contributed by atoms with Gasteiger partial charge in [0.05, 0.1) is 5.52 Å². The van der Waals surface area contributed by atoms with Crippen LogP contribution in [0.25, 0.3) is 10.9 Å². The van der Waals surface area contributed by atoms with Crippen molar-refractivity contribution in [3.05, 3.63) is 36.0 Å². The molecule has 2 nitrogen and oxygen atoms in total. The van der Waals surface area contributed by atoms with Crippen molar-refractivity contribution in [2.24, 2.45) is 0 Å². The van der Waals surface area contributed by atoms with Gasteiger partial charge in [-0.25, -0.2) is 0 Å². The van der Waals surface area contributed by atoms with Crippen molar-refractivity contribution in [3.8, 4) is 0 Å². The number of benzene rings is 1. The monoisotopic (exact) mass is 186 g/mol. The maximum absolute atomic E-state index is 5.88. The molecule has 14 heavy (non-hydrogen) atoms. The molecule has 2 heteroatoms. The lowest BCUT2D eigenvalue weighted by molar-refractivity contribution is 0.926. The number of rotatable bonds is 2. The minimum absolute atomic E-state index is 0.813. The number of pyridine rings is 1. The fraction of sp³-hybridized carbons (Fsp3) is 0.250. The summed E-state index contributed by atoms with van der Waals surface area (Å²) in [5.74, 6) is 0. The first-order chi connectivity index (χ1) is 6.83. The van der Waals surface area contributed by atoms with E-state index in [0.717, 1.165) is 29.4 Å². The van der Waals surface area contributed by atoms with E-state index in [1.54, 1.807) is 0 Å². The van der Waals surface area contributed by atoms with Crippen molar-refractivity contribution in [2.45, 2.75) is 19.8 Å². The summed E-state index contributed by atoms with van der Waals surface area (Å²) in [4.78, 5) is 4.38. The Hall–Kier alpha value is -1.57. The molecule has 0 radical (unpaired) electrons. The number of nitrogens with two attached hydrogens (primary N) is 1. The predicted octanol–water partition coefficient (Wildman–Crippen LogP) is 2.77. The van der Waals surface area contributed by atoms with Crippen LogP contribution in [0.5, 0.6) is 0 Å². The number of nitrogens with zero attached hydrogens (tertiary/aromatic N) is 1. The summed E-state index contributed by atoms with van der Waals surface area (Å²) in [6.45, 7) is 2.17. The van der Waals surface area contributed by atoms with Gasteiger partial charge in [0.15, 0.2) is 0 Å². The van der Waals surface area contributed by atoms with E-state index < -0.39 is 0 Å². The Bertz CT molecular complexity index is 449. The smallest absolute Gasteiger partial charge is 0.0754 e. The first kappa shape index (κ1) is 9.00. The van der Waals surface area contributed by atoms with Crippen molar-refractivity contribution in [2.75, 3.05) is 5.73 Å². The first-order valence-corrected chi connectivity index (χ1v) is 4.95. The second-order valence-electron chi connectivity index (χ2n) is 3.46. The summed E-state index contributed by atoms with van der Waals surface area (Å²) < 4.78 is 0. The molecule has 0 aliphatic carbocycles. The molecule has 2 aromatic rings. The molecule has 72 valence electrons. The van der Waals surface area contributed by atoms with Gasteiger partial charge in [0.2, 0.25) is 0 Å². The summed E-state index contributed by atoms with van der Waals surface area (Å²) >= 11 is 0. The quantitative estimate of drug-likeness (QED) is 0.732. The third kappa shape index (κ3) is 1.43. The normalized spacial score (nSPS) is 10.6. The lowest BCUT2D eigenvalue weighted by Gasteiger charge is -2.06. The highest BCUT2D eigenvalue weighted by Gasteiger charge is 2.03. The van der Waals surface area contributed by atoms with Crippen LogP contribution in [-0.2, 0) is 6.42 Å². The molecule has 0 unspecified atom stereocenters. The number of aromatic nitrogens is 1. The first-order valence-electron chi connectivity index (χ1n) is 4.95. The third-order valence-electron chi connectivity index (χ3n) is 2.41. The zero-order valence-corrected chi connectivity index (χ0v) is 8.33. The SMILES string of the molecule is CCCc1ccc(N)c2cccnc12. The molecular weight excluding hydrogens is 172 g/mol. The molecule has 0 fully saturated rings. The average molecular weight is 186 g/mol. The number of fused-ring (bicyclic) bond motifs is 1. The predicted molar refractivity (Wildman–Crippen MR) is 60.2 cm³/mol. The van der Waals surface area contributed by atoms with Crippen molar-refractivity contribution >= 4 is 16.6 Å². The zero-order chi connectivity index (χ0) is 9.97. The minimum Gasteiger partial charge on any atom is -0.398 e. The average Bonchev–Trinajstić information content (AvgIpc) is 2.23. The number of aryl methyl sites for hydroxylation is 1. The van der Waals surface area contributed by atoms with Crippen LogP contribution in [0.1, 0.15) is 18.9 Å². The molecule has 0 atom stereocenters. The Balaban J connectivity index is 2.68. The van der Waals surface area contributed by atoms with Gasteiger partial charge in [-0.2, -0.15) is 0 Å². The number of hydrogen-bond acceptors (Lipinski definition) is 2. The van der Waals surface area contributed by atoms with Gasteiger partial charge in [0, 0.05) is 17.3 Å². The van der Waals surface area contributed by atoms with Crippen molar-refractivity contribution in [1.29, 1.82) is 0 Å². The fourth-order valence-electron chi connectivity index (χ4n) is 1.72. The number of anilines is 1. The molecule has 0 amide bonds. The summed E-state index contributed by atoms with van der Waals surface area (Å²) in [6.07, 6.45) is 4.02. The maximum atomic E-state index is 5.88. The second-order valence-corrected chi connectivity index (χ2v) is 3.46. The molecule has 1 heterocycles. The molecule has 0 bridgehead atoms. The highest BCUT2D eigenvalue weighted by atomic mass is 14.7. The standard InChI is InChI=1S/C12H14N2/c1-2-4-9-6-7-11(13)10-5-3-8-14-12(9)10/h3,5-8H,2,4,13H2,1H3. The zero-order valence-electron chi connectivity index (χ0n) is 8.33. The van der Waals surface area contributed by atoms with Crippen LogP contribution in [-0.4, -0.2) is 4.98 Å². The van der Waals surface area contributed by atoms with Gasteiger partial charge in [-0.15, -0.1) is 0 Å². The van der Waals surface area contributed by atoms with E-state index in [2.05, 4.69) is 18.0 Å². The molecular formula is C12H14N2. The Morgan fingerprint density at radius 1 is 1.29 bits per heavy atom. The van der Waals surface area contributed by atoms with Crippen LogP contribution in [0.4, 0.5) is 5.69 Å². The summed E-state index contributed by atoms with van der Waals surface area (Å²) in [5, 5.41) is 1.07. The van der Waals surface area contributed by atoms with Crippen LogP contribution < -0.4 is 5.73 Å². The van der Waals surface area contributed by atoms with E-state index in [1.807, 2.05) is 24.4 Å². The topological polar surface area (TPSA) is 38.9 Å². The van der Waals surface area contributed by atoms with Crippen LogP contribution in [0.2, 0.25) is 0 Å². The lowest BCUT2D eigenvalue weighted by Crippen LogP contribution is -1.93. The van der Waals surface area contributed by atoms with E-state index in [-0.39, 0.29) is 0 Å². The van der Waals surface area contributed by atoms with Crippen LogP contribution in [0.3, 0.4) is 0 Å². The lowest BCUT2D eigenvalue weighted by atomic mass is 10.0. The number of nitrogen functional groups attached to an aromatic ring is 1. The molecule has 0 aliphatic rings. The molecule has 1 aromatic carbocycles. The molecule has 2 rings (SSSR count). The molecule has 0 saturated carbocycles. The Kier molecular flexibility index (Phi) is 2.35. The molecule has 2 N–H and O–H groups in total. The third-order valence-corrected chi connectivity index (χ3v) is 2.41. The Morgan fingerprint density at radius 2 is 2.14 bits per heavy atom. The van der Waals surface area contributed by atoms with Gasteiger partial charge in [-0.1, -0.05) is 19.4 Å². The van der Waals surface area contributed by atoms with Crippen molar-refractivity contribution in [3.63, 3.8) is 0 Å². The summed E-state index contributed by atoms with van der Waals surface area (Å²) in [7, 11) is 0. The maximum Gasteiger partial charge on any atom is 0.0754 e. The second kappa shape index (κ2) is 3.66. The van der Waals surface area contributed by atoms with E-state index in [4.69, 9.17) is 5.73 Å². The minimum atomic E-state index is 0.813. The van der Waals surface area contributed by atoms with Gasteiger partial charge in [-0.3, -0.25) is 4.98 Å². The Morgan fingerprint density at radius 3 is 2.93 bits per heavy atom. The van der Waals surface area contributed by atoms with Crippen LogP contribution >= 0.6 is 0 Å². The van der Waals surface area contributed by atoms with Gasteiger partial charge >= 0.3 is 0 Å². The highest BCUT2D eigenvalue weighted by Crippen LogP contribution is 2.23. The number of hydrogen-bond donors (Lipinski definition) is 1. The highest BCUT2D eigenvalue weighted by molar-refractivity contribution is 5.92. The van der Waals surface area contributed by atoms with Crippen LogP contribution in [0.15, 0.2) is 30.5 Å². The largest absolute Gasteiger partial charge is 0.398 e. The van der Waals surface area contributed by atoms with Gasteiger partial charge in [0.25, 0.3) is 0 Å². The molecule has 0 saturated heterocycles. The summed E-state index contributed by atoms with van der Waals surface area (Å²) in [5.41, 5.74) is 9.03. The van der Waals surface area contributed by atoms with E-state index in [1.165, 1.54) is 5.56 Å². The Labute approximate surface area is 83.8 Å². The van der Waals surface area contributed by atoms with Crippen molar-refractivity contribution in [1.82, 2.24) is 4.98 Å². The summed E-state index contributed by atoms with van der Waals surface area (Å²) in [6, 6.07) is 7.99. The van der Waals surface area contributed by atoms with Gasteiger partial charge in [0.1, 0.15) is 0 Å².